The predicted octanol–water partition coefficient (Wildman–Crippen LogP) is 1.48. The van der Waals surface area contributed by atoms with Crippen LogP contribution in [0.15, 0.2) is 0 Å². The van der Waals surface area contributed by atoms with E-state index in [1.54, 1.807) is 4.90 Å². The lowest BCUT2D eigenvalue weighted by atomic mass is 9.89. The van der Waals surface area contributed by atoms with Gasteiger partial charge < -0.3 is 10.6 Å². The Hall–Kier alpha value is -0.570. The van der Waals surface area contributed by atoms with Crippen molar-refractivity contribution in [2.45, 2.75) is 34.1 Å². The minimum atomic E-state index is -0.0810. The summed E-state index contributed by atoms with van der Waals surface area (Å²) in [5.41, 5.74) is 5.50. The summed E-state index contributed by atoms with van der Waals surface area (Å²) < 4.78 is 0. The Labute approximate surface area is 87.6 Å². The van der Waals surface area contributed by atoms with Gasteiger partial charge in [0.2, 0.25) is 5.91 Å². The summed E-state index contributed by atoms with van der Waals surface area (Å²) in [4.78, 5) is 13.5. The van der Waals surface area contributed by atoms with Gasteiger partial charge in [-0.1, -0.05) is 27.7 Å². The van der Waals surface area contributed by atoms with Gasteiger partial charge in [0, 0.05) is 20.0 Å². The Balaban J connectivity index is 4.08. The van der Waals surface area contributed by atoms with Crippen LogP contribution in [0.5, 0.6) is 0 Å². The molecule has 3 heteroatoms. The zero-order valence-electron chi connectivity index (χ0n) is 10.1. The average molecular weight is 200 g/mol. The molecule has 0 aliphatic heterocycles. The van der Waals surface area contributed by atoms with Gasteiger partial charge in [0.25, 0.3) is 0 Å². The highest BCUT2D eigenvalue weighted by molar-refractivity contribution is 5.76. The number of rotatable bonds is 5. The van der Waals surface area contributed by atoms with Crippen molar-refractivity contribution >= 4 is 5.91 Å². The Morgan fingerprint density at radius 2 is 1.93 bits per heavy atom. The van der Waals surface area contributed by atoms with Gasteiger partial charge in [-0.15, -0.1) is 0 Å². The Morgan fingerprint density at radius 1 is 1.43 bits per heavy atom. The van der Waals surface area contributed by atoms with Crippen LogP contribution in [0.4, 0.5) is 0 Å². The minimum absolute atomic E-state index is 0.0810. The highest BCUT2D eigenvalue weighted by Gasteiger charge is 2.22. The number of hydrogen-bond donors (Lipinski definition) is 1. The van der Waals surface area contributed by atoms with Gasteiger partial charge in [0.15, 0.2) is 0 Å². The molecule has 0 aromatic heterocycles. The van der Waals surface area contributed by atoms with Crippen molar-refractivity contribution in [1.82, 2.24) is 4.90 Å². The molecule has 0 spiro atoms. The first kappa shape index (κ1) is 13.4. The van der Waals surface area contributed by atoms with Crippen molar-refractivity contribution in [2.75, 3.05) is 20.1 Å². The van der Waals surface area contributed by atoms with Crippen molar-refractivity contribution in [1.29, 1.82) is 0 Å². The zero-order chi connectivity index (χ0) is 11.4. The second kappa shape index (κ2) is 5.35. The maximum Gasteiger partial charge on any atom is 0.222 e. The molecule has 0 radical (unpaired) electrons. The number of nitrogens with zero attached hydrogens (tertiary/aromatic N) is 1. The standard InChI is InChI=1S/C11H24N2O/c1-9(2)7-13(5)10(14)6-11(3,4)8-12/h9H,6-8,12H2,1-5H3. The molecule has 0 saturated carbocycles. The monoisotopic (exact) mass is 200 g/mol. The largest absolute Gasteiger partial charge is 0.345 e. The molecule has 0 aliphatic rings. The van der Waals surface area contributed by atoms with E-state index < -0.39 is 0 Å². The maximum atomic E-state index is 11.7. The lowest BCUT2D eigenvalue weighted by molar-refractivity contribution is -0.132. The maximum absolute atomic E-state index is 11.7. The lowest BCUT2D eigenvalue weighted by Crippen LogP contribution is -2.36. The topological polar surface area (TPSA) is 46.3 Å². The predicted molar refractivity (Wildman–Crippen MR) is 59.9 cm³/mol. The van der Waals surface area contributed by atoms with Crippen molar-refractivity contribution in [3.05, 3.63) is 0 Å². The molecule has 84 valence electrons. The number of carbonyl (C=O) groups is 1. The molecule has 3 nitrogen and oxygen atoms in total. The van der Waals surface area contributed by atoms with Crippen molar-refractivity contribution in [2.24, 2.45) is 17.1 Å². The number of carbonyl (C=O) groups excluding carboxylic acids is 1. The fourth-order valence-corrected chi connectivity index (χ4v) is 1.27. The molecule has 0 rings (SSSR count). The molecule has 0 aliphatic carbocycles. The summed E-state index contributed by atoms with van der Waals surface area (Å²) in [5, 5.41) is 0. The van der Waals surface area contributed by atoms with Gasteiger partial charge in [0.05, 0.1) is 0 Å². The fourth-order valence-electron chi connectivity index (χ4n) is 1.27. The molecule has 0 aromatic carbocycles. The van der Waals surface area contributed by atoms with E-state index in [-0.39, 0.29) is 11.3 Å². The van der Waals surface area contributed by atoms with Gasteiger partial charge in [-0.2, -0.15) is 0 Å². The third-order valence-electron chi connectivity index (χ3n) is 2.25. The van der Waals surface area contributed by atoms with Crippen LogP contribution in [-0.4, -0.2) is 30.9 Å². The van der Waals surface area contributed by atoms with Crippen molar-refractivity contribution < 1.29 is 4.79 Å². The van der Waals surface area contributed by atoms with Gasteiger partial charge in [0.1, 0.15) is 0 Å². The van der Waals surface area contributed by atoms with E-state index >= 15 is 0 Å². The highest BCUT2D eigenvalue weighted by Crippen LogP contribution is 2.19. The second-order valence-electron chi connectivity index (χ2n) is 5.21. The van der Waals surface area contributed by atoms with Crippen LogP contribution in [0.2, 0.25) is 0 Å². The molecule has 14 heavy (non-hydrogen) atoms. The SMILES string of the molecule is CC(C)CN(C)C(=O)CC(C)(C)CN. The van der Waals surface area contributed by atoms with Crippen molar-refractivity contribution in [3.8, 4) is 0 Å². The van der Waals surface area contributed by atoms with E-state index in [1.165, 1.54) is 0 Å². The Morgan fingerprint density at radius 3 is 2.29 bits per heavy atom. The summed E-state index contributed by atoms with van der Waals surface area (Å²) >= 11 is 0. The van der Waals surface area contributed by atoms with E-state index in [2.05, 4.69) is 13.8 Å². The number of hydrogen-bond acceptors (Lipinski definition) is 2. The molecule has 0 bridgehead atoms. The third-order valence-corrected chi connectivity index (χ3v) is 2.25. The second-order valence-corrected chi connectivity index (χ2v) is 5.21. The van der Waals surface area contributed by atoms with Crippen LogP contribution >= 0.6 is 0 Å². The first-order valence-electron chi connectivity index (χ1n) is 5.22. The summed E-state index contributed by atoms with van der Waals surface area (Å²) in [6.07, 6.45) is 0.534. The molecule has 0 saturated heterocycles. The third kappa shape index (κ3) is 5.22. The minimum Gasteiger partial charge on any atom is -0.345 e. The summed E-state index contributed by atoms with van der Waals surface area (Å²) in [5.74, 6) is 0.707. The van der Waals surface area contributed by atoms with Gasteiger partial charge in [-0.25, -0.2) is 0 Å². The van der Waals surface area contributed by atoms with Crippen molar-refractivity contribution in [3.63, 3.8) is 0 Å². The van der Waals surface area contributed by atoms with Gasteiger partial charge in [-0.3, -0.25) is 4.79 Å². The number of amides is 1. The molecule has 0 fully saturated rings. The van der Waals surface area contributed by atoms with Crippen LogP contribution in [0.1, 0.15) is 34.1 Å². The first-order chi connectivity index (χ1) is 6.28. The van der Waals surface area contributed by atoms with E-state index in [0.29, 0.717) is 18.9 Å². The summed E-state index contributed by atoms with van der Waals surface area (Å²) in [7, 11) is 1.86. The quantitative estimate of drug-likeness (QED) is 0.730. The Bertz CT molecular complexity index is 188. The molecular weight excluding hydrogens is 176 g/mol. The van der Waals surface area contributed by atoms with Crippen LogP contribution in [0, 0.1) is 11.3 Å². The van der Waals surface area contributed by atoms with E-state index in [1.807, 2.05) is 20.9 Å². The average Bonchev–Trinajstić information content (AvgIpc) is 2.02. The number of nitrogens with two attached hydrogens (primary N) is 1. The normalized spacial score (nSPS) is 11.9. The summed E-state index contributed by atoms with van der Waals surface area (Å²) in [6, 6.07) is 0. The molecular formula is C11H24N2O. The van der Waals surface area contributed by atoms with Crippen LogP contribution in [0.25, 0.3) is 0 Å². The van der Waals surface area contributed by atoms with E-state index in [0.717, 1.165) is 6.54 Å². The smallest absolute Gasteiger partial charge is 0.222 e. The molecule has 0 heterocycles. The summed E-state index contributed by atoms with van der Waals surface area (Å²) in [6.45, 7) is 9.63. The first-order valence-corrected chi connectivity index (χ1v) is 5.22. The van der Waals surface area contributed by atoms with E-state index in [4.69, 9.17) is 5.73 Å². The molecule has 0 unspecified atom stereocenters. The molecule has 2 N–H and O–H groups in total. The van der Waals surface area contributed by atoms with Crippen LogP contribution in [0.3, 0.4) is 0 Å². The zero-order valence-corrected chi connectivity index (χ0v) is 10.1. The molecule has 0 aromatic rings. The van der Waals surface area contributed by atoms with Crippen LogP contribution < -0.4 is 5.73 Å². The van der Waals surface area contributed by atoms with Gasteiger partial charge >= 0.3 is 0 Å². The van der Waals surface area contributed by atoms with Gasteiger partial charge in [-0.05, 0) is 17.9 Å². The highest BCUT2D eigenvalue weighted by atomic mass is 16.2. The van der Waals surface area contributed by atoms with Crippen LogP contribution in [-0.2, 0) is 4.79 Å². The Kier molecular flexibility index (Phi) is 5.13. The molecule has 0 atom stereocenters. The van der Waals surface area contributed by atoms with E-state index in [9.17, 15) is 4.79 Å². The molecule has 1 amide bonds. The fraction of sp³-hybridized carbons (Fsp3) is 0.909. The lowest BCUT2D eigenvalue weighted by Gasteiger charge is -2.26.